The third-order valence-electron chi connectivity index (χ3n) is 4.84. The molecule has 150 valence electrons. The highest BCUT2D eigenvalue weighted by molar-refractivity contribution is 5.95. The Morgan fingerprint density at radius 1 is 1.21 bits per heavy atom. The Morgan fingerprint density at radius 3 is 2.69 bits per heavy atom. The smallest absolute Gasteiger partial charge is 0.257 e. The Bertz CT molecular complexity index is 1000. The van der Waals surface area contributed by atoms with Crippen LogP contribution in [0, 0.1) is 0 Å². The van der Waals surface area contributed by atoms with Gasteiger partial charge in [-0.3, -0.25) is 4.79 Å². The number of pyridine rings is 1. The van der Waals surface area contributed by atoms with E-state index < -0.39 is 0 Å². The molecule has 7 nitrogen and oxygen atoms in total. The van der Waals surface area contributed by atoms with Crippen LogP contribution in [0.2, 0.25) is 0 Å². The number of benzene rings is 1. The summed E-state index contributed by atoms with van der Waals surface area (Å²) < 4.78 is 13.5. The zero-order chi connectivity index (χ0) is 20.4. The van der Waals surface area contributed by atoms with E-state index in [0.717, 1.165) is 11.4 Å². The topological polar surface area (TPSA) is 69.5 Å². The van der Waals surface area contributed by atoms with Crippen LogP contribution in [0.5, 0.6) is 11.5 Å². The first kappa shape index (κ1) is 19.0. The minimum Gasteiger partial charge on any atom is -0.486 e. The summed E-state index contributed by atoms with van der Waals surface area (Å²) in [5.41, 5.74) is 1.41. The van der Waals surface area contributed by atoms with Crippen LogP contribution in [-0.2, 0) is 0 Å². The number of amides is 1. The molecule has 0 spiro atoms. The third-order valence-corrected chi connectivity index (χ3v) is 4.84. The van der Waals surface area contributed by atoms with Crippen LogP contribution in [0.25, 0.3) is 5.82 Å². The molecule has 1 atom stereocenters. The highest BCUT2D eigenvalue weighted by atomic mass is 16.6. The molecule has 3 aromatic rings. The Hall–Kier alpha value is -3.35. The molecule has 4 rings (SSSR count). The molecule has 29 heavy (non-hydrogen) atoms. The van der Waals surface area contributed by atoms with Crippen LogP contribution in [0.15, 0.2) is 54.9 Å². The molecule has 0 saturated heterocycles. The van der Waals surface area contributed by atoms with Crippen molar-refractivity contribution >= 4 is 5.91 Å². The van der Waals surface area contributed by atoms with E-state index in [1.54, 1.807) is 29.0 Å². The molecular formula is C22H24N4O3. The van der Waals surface area contributed by atoms with Crippen molar-refractivity contribution < 1.29 is 14.3 Å². The van der Waals surface area contributed by atoms with Crippen LogP contribution >= 0.6 is 0 Å². The van der Waals surface area contributed by atoms with Gasteiger partial charge < -0.3 is 14.4 Å². The van der Waals surface area contributed by atoms with Crippen molar-refractivity contribution in [2.24, 2.45) is 0 Å². The maximum Gasteiger partial charge on any atom is 0.257 e. The van der Waals surface area contributed by atoms with Gasteiger partial charge in [0.1, 0.15) is 6.61 Å². The van der Waals surface area contributed by atoms with Gasteiger partial charge in [-0.1, -0.05) is 32.0 Å². The number of para-hydroxylation sites is 2. The minimum absolute atomic E-state index is 0.0988. The van der Waals surface area contributed by atoms with Crippen LogP contribution in [-0.4, -0.2) is 51.9 Å². The second-order valence-corrected chi connectivity index (χ2v) is 7.38. The normalized spacial score (nSPS) is 15.4. The summed E-state index contributed by atoms with van der Waals surface area (Å²) in [6, 6.07) is 13.2. The van der Waals surface area contributed by atoms with E-state index in [0.29, 0.717) is 30.3 Å². The molecule has 2 aromatic heterocycles. The van der Waals surface area contributed by atoms with Crippen molar-refractivity contribution in [3.05, 3.63) is 66.1 Å². The number of carbonyl (C=O) groups is 1. The second kappa shape index (κ2) is 7.95. The number of nitrogens with zero attached hydrogens (tertiary/aromatic N) is 4. The lowest BCUT2D eigenvalue weighted by Crippen LogP contribution is -2.42. The summed E-state index contributed by atoms with van der Waals surface area (Å²) in [6.07, 6.45) is 3.11. The number of likely N-dealkylation sites (N-methyl/N-ethyl adjacent to an activating group) is 1. The van der Waals surface area contributed by atoms with Gasteiger partial charge in [-0.05, 0) is 30.2 Å². The Morgan fingerprint density at radius 2 is 1.97 bits per heavy atom. The Kier molecular flexibility index (Phi) is 5.20. The average Bonchev–Trinajstić information content (AvgIpc) is 3.19. The fourth-order valence-corrected chi connectivity index (χ4v) is 3.49. The molecule has 0 aliphatic carbocycles. The van der Waals surface area contributed by atoms with E-state index in [1.807, 2.05) is 56.3 Å². The highest BCUT2D eigenvalue weighted by Crippen LogP contribution is 2.31. The number of hydrogen-bond donors (Lipinski definition) is 0. The molecule has 7 heteroatoms. The van der Waals surface area contributed by atoms with Crippen LogP contribution in [0.1, 0.15) is 35.8 Å². The van der Waals surface area contributed by atoms with Gasteiger partial charge in [0.15, 0.2) is 23.4 Å². The molecule has 0 bridgehead atoms. The first-order chi connectivity index (χ1) is 14.0. The third kappa shape index (κ3) is 3.81. The lowest BCUT2D eigenvalue weighted by Gasteiger charge is -2.29. The molecule has 1 amide bonds. The quantitative estimate of drug-likeness (QED) is 0.666. The largest absolute Gasteiger partial charge is 0.486 e. The first-order valence-corrected chi connectivity index (χ1v) is 9.68. The molecule has 0 radical (unpaired) electrons. The van der Waals surface area contributed by atoms with E-state index in [-0.39, 0.29) is 17.9 Å². The van der Waals surface area contributed by atoms with E-state index >= 15 is 0 Å². The number of carbonyl (C=O) groups excluding carboxylic acids is 1. The Balaban J connectivity index is 1.53. The molecule has 1 aliphatic heterocycles. The molecule has 3 heterocycles. The van der Waals surface area contributed by atoms with Crippen molar-refractivity contribution in [3.63, 3.8) is 0 Å². The number of aromatic nitrogens is 3. The predicted molar refractivity (Wildman–Crippen MR) is 109 cm³/mol. The molecule has 1 aromatic carbocycles. The van der Waals surface area contributed by atoms with Gasteiger partial charge in [0.05, 0.1) is 24.0 Å². The molecule has 0 N–H and O–H groups in total. The van der Waals surface area contributed by atoms with Gasteiger partial charge in [-0.25, -0.2) is 9.67 Å². The molecule has 0 fully saturated rings. The van der Waals surface area contributed by atoms with Crippen LogP contribution in [0.4, 0.5) is 0 Å². The van der Waals surface area contributed by atoms with E-state index in [4.69, 9.17) is 9.47 Å². The van der Waals surface area contributed by atoms with E-state index in [2.05, 4.69) is 10.1 Å². The molecule has 0 saturated carbocycles. The van der Waals surface area contributed by atoms with Crippen molar-refractivity contribution in [2.45, 2.75) is 25.9 Å². The van der Waals surface area contributed by atoms with E-state index in [1.165, 1.54) is 0 Å². The van der Waals surface area contributed by atoms with E-state index in [9.17, 15) is 4.79 Å². The van der Waals surface area contributed by atoms with Gasteiger partial charge in [-0.15, -0.1) is 0 Å². The summed E-state index contributed by atoms with van der Waals surface area (Å²) in [5.74, 6) is 2.14. The van der Waals surface area contributed by atoms with Crippen molar-refractivity contribution in [2.75, 3.05) is 20.2 Å². The van der Waals surface area contributed by atoms with Gasteiger partial charge in [-0.2, -0.15) is 5.10 Å². The minimum atomic E-state index is -0.229. The predicted octanol–water partition coefficient (Wildman–Crippen LogP) is 3.30. The van der Waals surface area contributed by atoms with Gasteiger partial charge in [0.25, 0.3) is 5.91 Å². The summed E-state index contributed by atoms with van der Waals surface area (Å²) in [4.78, 5) is 19.2. The fraction of sp³-hybridized carbons (Fsp3) is 0.318. The first-order valence-electron chi connectivity index (χ1n) is 9.68. The zero-order valence-corrected chi connectivity index (χ0v) is 16.8. The average molecular weight is 392 g/mol. The van der Waals surface area contributed by atoms with Crippen LogP contribution < -0.4 is 9.47 Å². The molecule has 0 unspecified atom stereocenters. The summed E-state index contributed by atoms with van der Waals surface area (Å²) in [6.45, 7) is 4.91. The highest BCUT2D eigenvalue weighted by Gasteiger charge is 2.27. The number of fused-ring (bicyclic) bond motifs is 1. The number of rotatable bonds is 5. The Labute approximate surface area is 169 Å². The SMILES string of the molecule is CC(C)c1c(C(=O)N(C)C[C@H]2COc3ccccc3O2)cnn1-c1ccccn1. The van der Waals surface area contributed by atoms with Crippen molar-refractivity contribution in [1.29, 1.82) is 0 Å². The number of ether oxygens (including phenoxy) is 2. The molecular weight excluding hydrogens is 368 g/mol. The summed E-state index contributed by atoms with van der Waals surface area (Å²) in [5, 5.41) is 4.44. The zero-order valence-electron chi connectivity index (χ0n) is 16.8. The van der Waals surface area contributed by atoms with Gasteiger partial charge in [0.2, 0.25) is 0 Å². The van der Waals surface area contributed by atoms with Gasteiger partial charge >= 0.3 is 0 Å². The lowest BCUT2D eigenvalue weighted by molar-refractivity contribution is 0.0520. The maximum atomic E-state index is 13.2. The monoisotopic (exact) mass is 392 g/mol. The second-order valence-electron chi connectivity index (χ2n) is 7.38. The fourth-order valence-electron chi connectivity index (χ4n) is 3.49. The summed E-state index contributed by atoms with van der Waals surface area (Å²) in [7, 11) is 1.77. The standard InChI is InChI=1S/C22H24N4O3/c1-15(2)21-17(12-24-26(21)20-10-6-7-11-23-20)22(27)25(3)13-16-14-28-18-8-4-5-9-19(18)29-16/h4-12,15-16H,13-14H2,1-3H3/t16-/m0/s1. The van der Waals surface area contributed by atoms with Crippen LogP contribution in [0.3, 0.4) is 0 Å². The van der Waals surface area contributed by atoms with Gasteiger partial charge in [0, 0.05) is 13.2 Å². The maximum absolute atomic E-state index is 13.2. The molecule has 1 aliphatic rings. The van der Waals surface area contributed by atoms with Crippen molar-refractivity contribution in [1.82, 2.24) is 19.7 Å². The number of hydrogen-bond acceptors (Lipinski definition) is 5. The van der Waals surface area contributed by atoms with Crippen molar-refractivity contribution in [3.8, 4) is 17.3 Å². The summed E-state index contributed by atoms with van der Waals surface area (Å²) >= 11 is 0. The lowest BCUT2D eigenvalue weighted by atomic mass is 10.0.